The molecule has 1 unspecified atom stereocenters. The number of pyridine rings is 1. The predicted molar refractivity (Wildman–Crippen MR) is 97.9 cm³/mol. The van der Waals surface area contributed by atoms with Crippen LogP contribution in [0.3, 0.4) is 0 Å². The first-order chi connectivity index (χ1) is 12.2. The fourth-order valence-electron chi connectivity index (χ4n) is 3.15. The number of rotatable bonds is 5. The van der Waals surface area contributed by atoms with Gasteiger partial charge in [-0.15, -0.1) is 0 Å². The summed E-state index contributed by atoms with van der Waals surface area (Å²) in [6, 6.07) is 4.03. The standard InChI is InChI=1S/C18H26N6O/c1-14-20-8-9-24(14)17-16(5-4-7-21-17)11-22-18(19-2)23(3)12-15-6-10-25-13-15/h4-5,7-9,15H,6,10-13H2,1-3H3,(H,19,22). The molecular formula is C18H26N6O. The van der Waals surface area contributed by atoms with Crippen molar-refractivity contribution in [2.75, 3.05) is 33.9 Å². The van der Waals surface area contributed by atoms with E-state index in [9.17, 15) is 0 Å². The monoisotopic (exact) mass is 342 g/mol. The number of nitrogens with zero attached hydrogens (tertiary/aromatic N) is 5. The van der Waals surface area contributed by atoms with Crippen LogP contribution in [0.25, 0.3) is 5.82 Å². The fourth-order valence-corrected chi connectivity index (χ4v) is 3.15. The van der Waals surface area contributed by atoms with Crippen molar-refractivity contribution < 1.29 is 4.74 Å². The second kappa shape index (κ2) is 8.11. The Morgan fingerprint density at radius 2 is 2.32 bits per heavy atom. The van der Waals surface area contributed by atoms with Crippen molar-refractivity contribution in [2.45, 2.75) is 19.9 Å². The van der Waals surface area contributed by atoms with Gasteiger partial charge in [0, 0.05) is 63.9 Å². The molecule has 7 heteroatoms. The summed E-state index contributed by atoms with van der Waals surface area (Å²) in [6.07, 6.45) is 6.65. The quantitative estimate of drug-likeness (QED) is 0.661. The Bertz CT molecular complexity index is 720. The molecule has 1 saturated heterocycles. The van der Waals surface area contributed by atoms with Crippen LogP contribution in [0.1, 0.15) is 17.8 Å². The van der Waals surface area contributed by atoms with Gasteiger partial charge in [0.2, 0.25) is 0 Å². The van der Waals surface area contributed by atoms with E-state index in [1.165, 1.54) is 0 Å². The molecule has 3 rings (SSSR count). The predicted octanol–water partition coefficient (Wildman–Crippen LogP) is 1.62. The summed E-state index contributed by atoms with van der Waals surface area (Å²) >= 11 is 0. The van der Waals surface area contributed by atoms with Crippen LogP contribution in [0.15, 0.2) is 35.7 Å². The molecule has 134 valence electrons. The molecule has 0 radical (unpaired) electrons. The van der Waals surface area contributed by atoms with Gasteiger partial charge in [0.05, 0.1) is 6.61 Å². The van der Waals surface area contributed by atoms with Gasteiger partial charge in [-0.2, -0.15) is 0 Å². The lowest BCUT2D eigenvalue weighted by Gasteiger charge is -2.24. The molecule has 0 bridgehead atoms. The van der Waals surface area contributed by atoms with Crippen molar-refractivity contribution >= 4 is 5.96 Å². The molecule has 1 N–H and O–H groups in total. The largest absolute Gasteiger partial charge is 0.381 e. The summed E-state index contributed by atoms with van der Waals surface area (Å²) in [6.45, 7) is 5.28. The molecule has 7 nitrogen and oxygen atoms in total. The minimum absolute atomic E-state index is 0.575. The van der Waals surface area contributed by atoms with Crippen LogP contribution in [0.5, 0.6) is 0 Å². The van der Waals surface area contributed by atoms with E-state index in [0.29, 0.717) is 12.5 Å². The Morgan fingerprint density at radius 3 is 3.00 bits per heavy atom. The Morgan fingerprint density at radius 1 is 1.44 bits per heavy atom. The number of aliphatic imine (C=N–C) groups is 1. The van der Waals surface area contributed by atoms with Crippen LogP contribution in [-0.4, -0.2) is 59.2 Å². The number of nitrogens with one attached hydrogen (secondary N) is 1. The third-order valence-corrected chi connectivity index (χ3v) is 4.49. The molecule has 3 heterocycles. The first-order valence-corrected chi connectivity index (χ1v) is 8.62. The van der Waals surface area contributed by atoms with Crippen LogP contribution in [0.2, 0.25) is 0 Å². The molecule has 1 aliphatic heterocycles. The van der Waals surface area contributed by atoms with Crippen molar-refractivity contribution in [1.82, 2.24) is 24.8 Å². The van der Waals surface area contributed by atoms with E-state index in [0.717, 1.165) is 49.3 Å². The number of hydrogen-bond donors (Lipinski definition) is 1. The Kier molecular flexibility index (Phi) is 5.65. The van der Waals surface area contributed by atoms with Crippen LogP contribution in [0, 0.1) is 12.8 Å². The highest BCUT2D eigenvalue weighted by molar-refractivity contribution is 5.79. The van der Waals surface area contributed by atoms with Crippen molar-refractivity contribution in [3.63, 3.8) is 0 Å². The molecule has 1 atom stereocenters. The molecular weight excluding hydrogens is 316 g/mol. The second-order valence-corrected chi connectivity index (χ2v) is 6.34. The molecule has 0 amide bonds. The van der Waals surface area contributed by atoms with Crippen molar-refractivity contribution in [2.24, 2.45) is 10.9 Å². The molecule has 1 aliphatic rings. The summed E-state index contributed by atoms with van der Waals surface area (Å²) in [7, 11) is 3.88. The molecule has 1 fully saturated rings. The zero-order valence-electron chi connectivity index (χ0n) is 15.1. The minimum Gasteiger partial charge on any atom is -0.381 e. The van der Waals surface area contributed by atoms with Crippen LogP contribution >= 0.6 is 0 Å². The average molecular weight is 342 g/mol. The summed E-state index contributed by atoms with van der Waals surface area (Å²) < 4.78 is 7.46. The molecule has 2 aromatic rings. The van der Waals surface area contributed by atoms with Gasteiger partial charge in [0.15, 0.2) is 5.96 Å². The number of guanidine groups is 1. The van der Waals surface area contributed by atoms with E-state index in [-0.39, 0.29) is 0 Å². The molecule has 0 saturated carbocycles. The summed E-state index contributed by atoms with van der Waals surface area (Å²) in [5.41, 5.74) is 1.10. The molecule has 25 heavy (non-hydrogen) atoms. The smallest absolute Gasteiger partial charge is 0.193 e. The normalized spacial score (nSPS) is 17.7. The van der Waals surface area contributed by atoms with E-state index >= 15 is 0 Å². The Hall–Kier alpha value is -2.41. The van der Waals surface area contributed by atoms with Gasteiger partial charge in [0.1, 0.15) is 11.6 Å². The highest BCUT2D eigenvalue weighted by Crippen LogP contribution is 2.15. The molecule has 2 aromatic heterocycles. The fraction of sp³-hybridized carbons (Fsp3) is 0.500. The van der Waals surface area contributed by atoms with Gasteiger partial charge in [-0.05, 0) is 19.4 Å². The maximum atomic E-state index is 5.47. The average Bonchev–Trinajstić information content (AvgIpc) is 3.27. The van der Waals surface area contributed by atoms with Gasteiger partial charge in [-0.1, -0.05) is 6.07 Å². The van der Waals surface area contributed by atoms with E-state index in [1.54, 1.807) is 12.4 Å². The van der Waals surface area contributed by atoms with Crippen LogP contribution in [-0.2, 0) is 11.3 Å². The number of imidazole rings is 1. The Labute approximate surface area is 148 Å². The highest BCUT2D eigenvalue weighted by atomic mass is 16.5. The molecule has 0 aromatic carbocycles. The minimum atomic E-state index is 0.575. The zero-order valence-corrected chi connectivity index (χ0v) is 15.1. The first-order valence-electron chi connectivity index (χ1n) is 8.62. The van der Waals surface area contributed by atoms with E-state index in [2.05, 4.69) is 38.3 Å². The summed E-state index contributed by atoms with van der Waals surface area (Å²) in [5.74, 6) is 3.27. The van der Waals surface area contributed by atoms with E-state index in [1.807, 2.05) is 30.8 Å². The topological polar surface area (TPSA) is 67.6 Å². The van der Waals surface area contributed by atoms with Gasteiger partial charge in [-0.25, -0.2) is 9.97 Å². The number of aryl methyl sites for hydroxylation is 1. The maximum absolute atomic E-state index is 5.47. The lowest BCUT2D eigenvalue weighted by atomic mass is 10.1. The highest BCUT2D eigenvalue weighted by Gasteiger charge is 2.19. The van der Waals surface area contributed by atoms with Gasteiger partial charge >= 0.3 is 0 Å². The van der Waals surface area contributed by atoms with Gasteiger partial charge in [0.25, 0.3) is 0 Å². The second-order valence-electron chi connectivity index (χ2n) is 6.34. The zero-order chi connectivity index (χ0) is 17.6. The Balaban J connectivity index is 1.67. The van der Waals surface area contributed by atoms with Crippen molar-refractivity contribution in [3.05, 3.63) is 42.1 Å². The lowest BCUT2D eigenvalue weighted by Crippen LogP contribution is -2.41. The van der Waals surface area contributed by atoms with Gasteiger partial charge in [-0.3, -0.25) is 9.56 Å². The van der Waals surface area contributed by atoms with E-state index in [4.69, 9.17) is 4.74 Å². The lowest BCUT2D eigenvalue weighted by molar-refractivity contribution is 0.181. The maximum Gasteiger partial charge on any atom is 0.193 e. The van der Waals surface area contributed by atoms with Crippen LogP contribution < -0.4 is 5.32 Å². The van der Waals surface area contributed by atoms with E-state index < -0.39 is 0 Å². The first kappa shape index (κ1) is 17.4. The summed E-state index contributed by atoms with van der Waals surface area (Å²) in [5, 5.41) is 3.44. The third kappa shape index (κ3) is 4.17. The third-order valence-electron chi connectivity index (χ3n) is 4.49. The number of aromatic nitrogens is 3. The molecule has 0 aliphatic carbocycles. The SMILES string of the molecule is CN=C(NCc1cccnc1-n1ccnc1C)N(C)CC1CCOC1. The van der Waals surface area contributed by atoms with Crippen molar-refractivity contribution in [1.29, 1.82) is 0 Å². The number of hydrogen-bond acceptors (Lipinski definition) is 4. The van der Waals surface area contributed by atoms with Crippen molar-refractivity contribution in [3.8, 4) is 5.82 Å². The van der Waals surface area contributed by atoms with Gasteiger partial charge < -0.3 is 15.0 Å². The number of ether oxygens (including phenoxy) is 1. The van der Waals surface area contributed by atoms with Crippen LogP contribution in [0.4, 0.5) is 0 Å². The molecule has 0 spiro atoms. The summed E-state index contributed by atoms with van der Waals surface area (Å²) in [4.78, 5) is 15.4.